The number of anilines is 2. The number of aromatic nitrogens is 2. The molecule has 0 aliphatic carbocycles. The minimum Gasteiger partial charge on any atom is -0.466 e. The third kappa shape index (κ3) is 3.76. The van der Waals surface area contributed by atoms with Crippen molar-refractivity contribution in [2.75, 3.05) is 42.6 Å². The van der Waals surface area contributed by atoms with Gasteiger partial charge in [-0.05, 0) is 26.2 Å². The van der Waals surface area contributed by atoms with Crippen molar-refractivity contribution in [3.8, 4) is 0 Å². The van der Waals surface area contributed by atoms with Crippen molar-refractivity contribution in [3.63, 3.8) is 0 Å². The van der Waals surface area contributed by atoms with Gasteiger partial charge < -0.3 is 14.5 Å². The summed E-state index contributed by atoms with van der Waals surface area (Å²) in [7, 11) is 0. The molecule has 0 amide bonds. The van der Waals surface area contributed by atoms with E-state index in [9.17, 15) is 14.9 Å². The minimum atomic E-state index is -0.402. The number of esters is 1. The van der Waals surface area contributed by atoms with Crippen LogP contribution < -0.4 is 9.80 Å². The Morgan fingerprint density at radius 1 is 1.23 bits per heavy atom. The molecule has 1 aromatic heterocycles. The van der Waals surface area contributed by atoms with E-state index in [1.54, 1.807) is 6.92 Å². The first kappa shape index (κ1) is 18.1. The normalized spacial score (nSPS) is 18.0. The van der Waals surface area contributed by atoms with E-state index in [0.29, 0.717) is 57.3 Å². The molecule has 0 bridgehead atoms. The summed E-state index contributed by atoms with van der Waals surface area (Å²) in [4.78, 5) is 35.4. The molecule has 0 spiro atoms. The molecule has 0 N–H and O–H groups in total. The van der Waals surface area contributed by atoms with Crippen molar-refractivity contribution in [3.05, 3.63) is 28.6 Å². The van der Waals surface area contributed by atoms with E-state index in [1.807, 2.05) is 15.9 Å². The van der Waals surface area contributed by atoms with Crippen LogP contribution in [0.15, 0.2) is 18.5 Å². The maximum absolute atomic E-state index is 11.9. The Bertz CT molecular complexity index is 700. The predicted octanol–water partition coefficient (Wildman–Crippen LogP) is 1.93. The van der Waals surface area contributed by atoms with Crippen LogP contribution in [0.4, 0.5) is 17.3 Å². The predicted molar refractivity (Wildman–Crippen MR) is 96.2 cm³/mol. The lowest BCUT2D eigenvalue weighted by Crippen LogP contribution is -2.38. The highest BCUT2D eigenvalue weighted by Crippen LogP contribution is 2.36. The van der Waals surface area contributed by atoms with Crippen molar-refractivity contribution in [2.45, 2.75) is 26.2 Å². The zero-order valence-corrected chi connectivity index (χ0v) is 14.8. The van der Waals surface area contributed by atoms with Gasteiger partial charge in [-0.2, -0.15) is 0 Å². The second-order valence-corrected chi connectivity index (χ2v) is 6.35. The maximum atomic E-state index is 11.9. The molecule has 3 rings (SSSR count). The second-order valence-electron chi connectivity index (χ2n) is 6.35. The van der Waals surface area contributed by atoms with Crippen LogP contribution in [0.5, 0.6) is 0 Å². The number of nitro groups is 1. The van der Waals surface area contributed by atoms with Gasteiger partial charge in [-0.1, -0.05) is 12.2 Å². The molecular formula is C17H23N5O4. The molecule has 0 unspecified atom stereocenters. The molecule has 9 heteroatoms. The zero-order valence-electron chi connectivity index (χ0n) is 14.8. The molecule has 9 nitrogen and oxygen atoms in total. The molecule has 1 fully saturated rings. The van der Waals surface area contributed by atoms with Crippen LogP contribution in [0.1, 0.15) is 26.2 Å². The summed E-state index contributed by atoms with van der Waals surface area (Å²) in [6.45, 7) is 4.50. The summed E-state index contributed by atoms with van der Waals surface area (Å²) in [5.41, 5.74) is -0.0580. The summed E-state index contributed by atoms with van der Waals surface area (Å²) in [5, 5.41) is 11.8. The molecular weight excluding hydrogens is 338 g/mol. The van der Waals surface area contributed by atoms with E-state index in [-0.39, 0.29) is 17.6 Å². The van der Waals surface area contributed by atoms with Crippen LogP contribution >= 0.6 is 0 Å². The van der Waals surface area contributed by atoms with Gasteiger partial charge in [0.2, 0.25) is 11.6 Å². The first-order chi connectivity index (χ1) is 12.6. The zero-order chi connectivity index (χ0) is 18.5. The fourth-order valence-corrected chi connectivity index (χ4v) is 3.41. The van der Waals surface area contributed by atoms with E-state index >= 15 is 0 Å². The third-order valence-corrected chi connectivity index (χ3v) is 4.74. The van der Waals surface area contributed by atoms with Crippen LogP contribution in [0.3, 0.4) is 0 Å². The van der Waals surface area contributed by atoms with Crippen molar-refractivity contribution >= 4 is 23.3 Å². The van der Waals surface area contributed by atoms with E-state index in [2.05, 4.69) is 16.0 Å². The average Bonchev–Trinajstić information content (AvgIpc) is 2.68. The van der Waals surface area contributed by atoms with Crippen LogP contribution in [0.25, 0.3) is 0 Å². The maximum Gasteiger partial charge on any atom is 0.353 e. The summed E-state index contributed by atoms with van der Waals surface area (Å²) in [5.74, 6) is 0.345. The van der Waals surface area contributed by atoms with Crippen LogP contribution in [0, 0.1) is 16.0 Å². The van der Waals surface area contributed by atoms with Gasteiger partial charge in [0.15, 0.2) is 0 Å². The van der Waals surface area contributed by atoms with Crippen LogP contribution in [0.2, 0.25) is 0 Å². The molecule has 140 valence electrons. The smallest absolute Gasteiger partial charge is 0.353 e. The highest BCUT2D eigenvalue weighted by atomic mass is 16.6. The first-order valence-corrected chi connectivity index (χ1v) is 8.92. The van der Waals surface area contributed by atoms with Crippen molar-refractivity contribution in [1.82, 2.24) is 9.97 Å². The molecule has 0 saturated carbocycles. The summed E-state index contributed by atoms with van der Waals surface area (Å²) >= 11 is 0. The summed E-state index contributed by atoms with van der Waals surface area (Å²) in [6, 6.07) is 0. The second kappa shape index (κ2) is 8.11. The van der Waals surface area contributed by atoms with Crippen LogP contribution in [-0.4, -0.2) is 53.6 Å². The fourth-order valence-electron chi connectivity index (χ4n) is 3.41. The molecule has 0 atom stereocenters. The highest BCUT2D eigenvalue weighted by molar-refractivity contribution is 5.74. The van der Waals surface area contributed by atoms with E-state index < -0.39 is 4.92 Å². The standard InChI is InChI=1S/C17H23N5O4/c1-2-26-17(23)13-6-10-21(11-7-13)16-14(22(24)25)15(18-12-19-16)20-8-4-3-5-9-20/h3-4,12-13H,2,5-11H2,1H3. The van der Waals surface area contributed by atoms with Crippen molar-refractivity contribution in [1.29, 1.82) is 0 Å². The molecule has 2 aliphatic heterocycles. The minimum absolute atomic E-state index is 0.0580. The topological polar surface area (TPSA) is 102 Å². The van der Waals surface area contributed by atoms with Gasteiger partial charge in [-0.15, -0.1) is 0 Å². The number of rotatable bonds is 5. The number of carbonyl (C=O) groups is 1. The Morgan fingerprint density at radius 2 is 1.92 bits per heavy atom. The number of piperidine rings is 1. The average molecular weight is 361 g/mol. The lowest BCUT2D eigenvalue weighted by molar-refractivity contribution is -0.383. The Labute approximate surface area is 151 Å². The Balaban J connectivity index is 1.81. The van der Waals surface area contributed by atoms with Gasteiger partial charge in [0, 0.05) is 26.2 Å². The van der Waals surface area contributed by atoms with Gasteiger partial charge in [0.05, 0.1) is 17.4 Å². The van der Waals surface area contributed by atoms with Crippen LogP contribution in [-0.2, 0) is 9.53 Å². The Hall–Kier alpha value is -2.71. The quantitative estimate of drug-likeness (QED) is 0.339. The lowest BCUT2D eigenvalue weighted by atomic mass is 9.97. The van der Waals surface area contributed by atoms with E-state index in [4.69, 9.17) is 4.74 Å². The Morgan fingerprint density at radius 3 is 2.50 bits per heavy atom. The van der Waals surface area contributed by atoms with E-state index in [0.717, 1.165) is 6.42 Å². The van der Waals surface area contributed by atoms with Gasteiger partial charge in [0.1, 0.15) is 6.33 Å². The molecule has 26 heavy (non-hydrogen) atoms. The molecule has 0 radical (unpaired) electrons. The molecule has 3 heterocycles. The first-order valence-electron chi connectivity index (χ1n) is 8.92. The highest BCUT2D eigenvalue weighted by Gasteiger charge is 2.33. The van der Waals surface area contributed by atoms with Gasteiger partial charge in [-0.3, -0.25) is 14.9 Å². The molecule has 1 aromatic rings. The molecule has 0 aromatic carbocycles. The molecule has 2 aliphatic rings. The third-order valence-electron chi connectivity index (χ3n) is 4.74. The van der Waals surface area contributed by atoms with Crippen molar-refractivity contribution < 1.29 is 14.5 Å². The van der Waals surface area contributed by atoms with Gasteiger partial charge in [0.25, 0.3) is 0 Å². The lowest BCUT2D eigenvalue weighted by Gasteiger charge is -2.32. The largest absolute Gasteiger partial charge is 0.466 e. The van der Waals surface area contributed by atoms with Crippen molar-refractivity contribution in [2.24, 2.45) is 5.92 Å². The number of hydrogen-bond acceptors (Lipinski definition) is 8. The number of hydrogen-bond donors (Lipinski definition) is 0. The summed E-state index contributed by atoms with van der Waals surface area (Å²) in [6.07, 6.45) is 7.46. The monoisotopic (exact) mass is 361 g/mol. The summed E-state index contributed by atoms with van der Waals surface area (Å²) < 4.78 is 5.08. The number of carbonyl (C=O) groups excluding carboxylic acids is 1. The SMILES string of the molecule is CCOC(=O)C1CCN(c2ncnc(N3CC=CCC3)c2[N+](=O)[O-])CC1. The molecule has 1 saturated heterocycles. The fraction of sp³-hybridized carbons (Fsp3) is 0.588. The van der Waals surface area contributed by atoms with Gasteiger partial charge >= 0.3 is 11.7 Å². The van der Waals surface area contributed by atoms with Gasteiger partial charge in [-0.25, -0.2) is 9.97 Å². The van der Waals surface area contributed by atoms with E-state index in [1.165, 1.54) is 6.33 Å². The number of ether oxygens (including phenoxy) is 1. The Kier molecular flexibility index (Phi) is 5.65. The number of nitrogens with zero attached hydrogens (tertiary/aromatic N) is 5.